The summed E-state index contributed by atoms with van der Waals surface area (Å²) < 4.78 is 12.2. The minimum absolute atomic E-state index is 0.0394. The number of quaternary nitrogens is 1. The highest BCUT2D eigenvalue weighted by molar-refractivity contribution is 5.44. The van der Waals surface area contributed by atoms with Crippen LogP contribution in [0, 0.1) is 0 Å². The lowest BCUT2D eigenvalue weighted by molar-refractivity contribution is -0.900. The summed E-state index contributed by atoms with van der Waals surface area (Å²) in [6.07, 6.45) is 2.08. The van der Waals surface area contributed by atoms with Crippen molar-refractivity contribution in [1.82, 2.24) is 0 Å². The Morgan fingerprint density at radius 1 is 1.22 bits per heavy atom. The number of benzene rings is 1. The molecule has 0 amide bonds. The van der Waals surface area contributed by atoms with E-state index in [1.165, 1.54) is 12.8 Å². The van der Waals surface area contributed by atoms with Crippen molar-refractivity contribution in [2.24, 2.45) is 0 Å². The molecule has 1 fully saturated rings. The van der Waals surface area contributed by atoms with E-state index < -0.39 is 6.10 Å². The van der Waals surface area contributed by atoms with Gasteiger partial charge in [-0.15, -0.1) is 0 Å². The van der Waals surface area contributed by atoms with E-state index in [0.29, 0.717) is 6.61 Å². The molecule has 1 unspecified atom stereocenters. The molecule has 1 heterocycles. The second-order valence-electron chi connectivity index (χ2n) is 8.03. The molecule has 4 nitrogen and oxygen atoms in total. The van der Waals surface area contributed by atoms with E-state index in [2.05, 4.69) is 27.8 Å². The van der Waals surface area contributed by atoms with Crippen molar-refractivity contribution in [3.05, 3.63) is 23.8 Å². The third-order valence-electron chi connectivity index (χ3n) is 4.72. The van der Waals surface area contributed by atoms with Crippen molar-refractivity contribution in [1.29, 1.82) is 0 Å². The Hall–Kier alpha value is -1.26. The number of ether oxygens (including phenoxy) is 2. The molecule has 0 aliphatic carbocycles. The zero-order chi connectivity index (χ0) is 17.1. The van der Waals surface area contributed by atoms with Gasteiger partial charge in [-0.1, -0.05) is 20.8 Å². The van der Waals surface area contributed by atoms with Gasteiger partial charge in [0.25, 0.3) is 0 Å². The summed E-state index contributed by atoms with van der Waals surface area (Å²) >= 11 is 0. The predicted octanol–water partition coefficient (Wildman–Crippen LogP) is 2.97. The first-order valence-corrected chi connectivity index (χ1v) is 8.56. The van der Waals surface area contributed by atoms with Crippen LogP contribution in [0.15, 0.2) is 18.2 Å². The van der Waals surface area contributed by atoms with Crippen molar-refractivity contribution in [2.75, 3.05) is 40.4 Å². The minimum Gasteiger partial charge on any atom is -0.497 e. The number of hydrogen-bond acceptors (Lipinski definition) is 3. The van der Waals surface area contributed by atoms with E-state index in [9.17, 15) is 5.11 Å². The molecular formula is C19H32NO3+. The number of likely N-dealkylation sites (N-methyl/N-ethyl adjacent to an activating group) is 1. The SMILES string of the molecule is COc1ccc(OCC(O)C[N+]2(C)CCCC2)c(C(C)(C)C)c1. The van der Waals surface area contributed by atoms with Crippen LogP contribution < -0.4 is 9.47 Å². The number of aliphatic hydroxyl groups excluding tert-OH is 1. The molecule has 23 heavy (non-hydrogen) atoms. The summed E-state index contributed by atoms with van der Waals surface area (Å²) in [5.41, 5.74) is 1.06. The summed E-state index contributed by atoms with van der Waals surface area (Å²) in [7, 11) is 3.90. The predicted molar refractivity (Wildman–Crippen MR) is 93.2 cm³/mol. The second kappa shape index (κ2) is 7.10. The number of likely N-dealkylation sites (tertiary alicyclic amines) is 1. The van der Waals surface area contributed by atoms with Gasteiger partial charge in [0.2, 0.25) is 0 Å². The molecule has 0 bridgehead atoms. The fourth-order valence-corrected chi connectivity index (χ4v) is 3.38. The Bertz CT molecular complexity index is 516. The van der Waals surface area contributed by atoms with E-state index in [1.54, 1.807) is 7.11 Å². The van der Waals surface area contributed by atoms with Crippen LogP contribution in [0.5, 0.6) is 11.5 Å². The van der Waals surface area contributed by atoms with E-state index >= 15 is 0 Å². The molecule has 1 aromatic carbocycles. The van der Waals surface area contributed by atoms with Crippen LogP contribution in [0.2, 0.25) is 0 Å². The van der Waals surface area contributed by atoms with Gasteiger partial charge >= 0.3 is 0 Å². The van der Waals surface area contributed by atoms with Crippen molar-refractivity contribution in [2.45, 2.75) is 45.1 Å². The van der Waals surface area contributed by atoms with Gasteiger partial charge in [-0.25, -0.2) is 0 Å². The molecule has 0 spiro atoms. The number of rotatable bonds is 6. The van der Waals surface area contributed by atoms with Gasteiger partial charge in [-0.05, 0) is 23.6 Å². The van der Waals surface area contributed by atoms with Crippen LogP contribution in [0.1, 0.15) is 39.2 Å². The molecule has 1 atom stereocenters. The van der Waals surface area contributed by atoms with Crippen molar-refractivity contribution in [3.63, 3.8) is 0 Å². The molecule has 0 aromatic heterocycles. The van der Waals surface area contributed by atoms with Gasteiger partial charge in [0.05, 0.1) is 27.2 Å². The third kappa shape index (κ3) is 4.85. The smallest absolute Gasteiger partial charge is 0.137 e. The number of methoxy groups -OCH3 is 1. The van der Waals surface area contributed by atoms with E-state index in [-0.39, 0.29) is 5.41 Å². The average molecular weight is 322 g/mol. The van der Waals surface area contributed by atoms with Crippen molar-refractivity contribution in [3.8, 4) is 11.5 Å². The maximum Gasteiger partial charge on any atom is 0.137 e. The summed E-state index contributed by atoms with van der Waals surface area (Å²) in [6, 6.07) is 5.87. The number of nitrogens with zero attached hydrogens (tertiary/aromatic N) is 1. The Morgan fingerprint density at radius 2 is 1.87 bits per heavy atom. The first-order valence-electron chi connectivity index (χ1n) is 8.56. The summed E-state index contributed by atoms with van der Waals surface area (Å²) in [5.74, 6) is 1.67. The monoisotopic (exact) mass is 322 g/mol. The highest BCUT2D eigenvalue weighted by Crippen LogP contribution is 2.34. The normalized spacial score (nSPS) is 18.7. The summed E-state index contributed by atoms with van der Waals surface area (Å²) in [6.45, 7) is 9.88. The largest absolute Gasteiger partial charge is 0.497 e. The minimum atomic E-state index is -0.437. The number of aliphatic hydroxyl groups is 1. The Labute approximate surface area is 140 Å². The molecule has 130 valence electrons. The molecular weight excluding hydrogens is 290 g/mol. The topological polar surface area (TPSA) is 38.7 Å². The van der Waals surface area contributed by atoms with Gasteiger partial charge in [-0.3, -0.25) is 0 Å². The van der Waals surface area contributed by atoms with Crippen molar-refractivity contribution < 1.29 is 19.1 Å². The second-order valence-corrected chi connectivity index (χ2v) is 8.03. The lowest BCUT2D eigenvalue weighted by atomic mass is 9.86. The van der Waals surface area contributed by atoms with Gasteiger partial charge in [-0.2, -0.15) is 0 Å². The maximum atomic E-state index is 10.4. The Balaban J connectivity index is 2.02. The molecule has 4 heteroatoms. The Morgan fingerprint density at radius 3 is 2.43 bits per heavy atom. The molecule has 0 saturated carbocycles. The third-order valence-corrected chi connectivity index (χ3v) is 4.72. The average Bonchev–Trinajstić information content (AvgIpc) is 2.90. The zero-order valence-corrected chi connectivity index (χ0v) is 15.3. The van der Waals surface area contributed by atoms with Crippen LogP contribution in [0.25, 0.3) is 0 Å². The van der Waals surface area contributed by atoms with E-state index in [4.69, 9.17) is 9.47 Å². The Kier molecular flexibility index (Phi) is 5.58. The van der Waals surface area contributed by atoms with Crippen molar-refractivity contribution >= 4 is 0 Å². The first kappa shape index (κ1) is 18.1. The lowest BCUT2D eigenvalue weighted by Crippen LogP contribution is -2.47. The fourth-order valence-electron chi connectivity index (χ4n) is 3.38. The van der Waals surface area contributed by atoms with E-state index in [1.807, 2.05) is 18.2 Å². The van der Waals surface area contributed by atoms with Gasteiger partial charge < -0.3 is 19.1 Å². The molecule has 1 aromatic rings. The van der Waals surface area contributed by atoms with Gasteiger partial charge in [0.1, 0.15) is 30.8 Å². The van der Waals surface area contributed by atoms with E-state index in [0.717, 1.165) is 41.2 Å². The molecule has 2 rings (SSSR count). The molecule has 1 aliphatic heterocycles. The van der Waals surface area contributed by atoms with Crippen LogP contribution in [-0.2, 0) is 5.41 Å². The lowest BCUT2D eigenvalue weighted by Gasteiger charge is -2.31. The van der Waals surface area contributed by atoms with Crippen LogP contribution >= 0.6 is 0 Å². The highest BCUT2D eigenvalue weighted by Gasteiger charge is 2.30. The highest BCUT2D eigenvalue weighted by atomic mass is 16.5. The first-order chi connectivity index (χ1) is 10.7. The molecule has 1 N–H and O–H groups in total. The molecule has 1 aliphatic rings. The van der Waals surface area contributed by atoms with Gasteiger partial charge in [0, 0.05) is 18.4 Å². The van der Waals surface area contributed by atoms with Crippen LogP contribution in [-0.4, -0.2) is 56.1 Å². The zero-order valence-electron chi connectivity index (χ0n) is 15.3. The summed E-state index contributed by atoms with van der Waals surface area (Å²) in [4.78, 5) is 0. The van der Waals surface area contributed by atoms with Crippen LogP contribution in [0.3, 0.4) is 0 Å². The van der Waals surface area contributed by atoms with Crippen LogP contribution in [0.4, 0.5) is 0 Å². The standard InChI is InChI=1S/C19H32NO3/c1-19(2,3)17-12-16(22-5)8-9-18(17)23-14-15(21)13-20(4)10-6-7-11-20/h8-9,12,15,21H,6-7,10-11,13-14H2,1-5H3/q+1. The maximum absolute atomic E-state index is 10.4. The summed E-state index contributed by atoms with van der Waals surface area (Å²) in [5, 5.41) is 10.4. The molecule has 0 radical (unpaired) electrons. The quantitative estimate of drug-likeness (QED) is 0.818. The van der Waals surface area contributed by atoms with Gasteiger partial charge in [0.15, 0.2) is 0 Å². The number of hydrogen-bond donors (Lipinski definition) is 1. The fraction of sp³-hybridized carbons (Fsp3) is 0.684. The molecule has 1 saturated heterocycles.